The molecular weight excluding hydrogens is 346 g/mol. The number of nitrogens with zero attached hydrogens (tertiary/aromatic N) is 2. The average molecular weight is 369 g/mol. The Hall–Kier alpha value is -2.16. The SMILES string of the molecule is CS(=O)(=O)N(CC(=O)NC1CCCCCC1)c1cccc([N+](=O)[O-])c1. The molecule has 0 aliphatic heterocycles. The molecule has 0 unspecified atom stereocenters. The summed E-state index contributed by atoms with van der Waals surface area (Å²) in [7, 11) is -3.75. The molecule has 1 fully saturated rings. The van der Waals surface area contributed by atoms with E-state index in [2.05, 4.69) is 5.32 Å². The first kappa shape index (κ1) is 19.2. The highest BCUT2D eigenvalue weighted by molar-refractivity contribution is 7.92. The van der Waals surface area contributed by atoms with Gasteiger partial charge in [0, 0.05) is 18.2 Å². The van der Waals surface area contributed by atoms with Gasteiger partial charge in [-0.3, -0.25) is 19.2 Å². The van der Waals surface area contributed by atoms with Crippen LogP contribution in [0.4, 0.5) is 11.4 Å². The van der Waals surface area contributed by atoms with E-state index in [-0.39, 0.29) is 17.4 Å². The van der Waals surface area contributed by atoms with E-state index in [4.69, 9.17) is 0 Å². The Morgan fingerprint density at radius 3 is 2.48 bits per heavy atom. The van der Waals surface area contributed by atoms with Crippen LogP contribution < -0.4 is 9.62 Å². The highest BCUT2D eigenvalue weighted by Crippen LogP contribution is 2.23. The Morgan fingerprint density at radius 2 is 1.92 bits per heavy atom. The zero-order chi connectivity index (χ0) is 18.4. The Bertz CT molecular complexity index is 727. The fourth-order valence-electron chi connectivity index (χ4n) is 2.99. The molecule has 2 rings (SSSR count). The fourth-order valence-corrected chi connectivity index (χ4v) is 3.84. The Morgan fingerprint density at radius 1 is 1.28 bits per heavy atom. The van der Waals surface area contributed by atoms with Gasteiger partial charge >= 0.3 is 0 Å². The van der Waals surface area contributed by atoms with Crippen LogP contribution in [0, 0.1) is 10.1 Å². The molecule has 0 spiro atoms. The van der Waals surface area contributed by atoms with Gasteiger partial charge in [-0.2, -0.15) is 0 Å². The lowest BCUT2D eigenvalue weighted by Gasteiger charge is -2.23. The molecule has 25 heavy (non-hydrogen) atoms. The standard InChI is InChI=1S/C16H23N3O5S/c1-25(23,24)18(14-9-6-10-15(11-14)19(21)22)12-16(20)17-13-7-4-2-3-5-8-13/h6,9-11,13H,2-5,7-8,12H2,1H3,(H,17,20). The summed E-state index contributed by atoms with van der Waals surface area (Å²) in [5.74, 6) is -0.399. The number of nitro benzene ring substituents is 1. The van der Waals surface area contributed by atoms with Crippen LogP contribution in [-0.4, -0.2) is 38.1 Å². The molecule has 0 heterocycles. The number of carbonyl (C=O) groups is 1. The van der Waals surface area contributed by atoms with Crippen LogP contribution in [0.1, 0.15) is 38.5 Å². The van der Waals surface area contributed by atoms with Gasteiger partial charge in [0.15, 0.2) is 0 Å². The molecule has 1 N–H and O–H groups in total. The number of non-ortho nitro benzene ring substituents is 1. The van der Waals surface area contributed by atoms with Crippen LogP contribution in [0.5, 0.6) is 0 Å². The summed E-state index contributed by atoms with van der Waals surface area (Å²) in [6.45, 7) is -0.392. The van der Waals surface area contributed by atoms with Gasteiger partial charge in [0.25, 0.3) is 5.69 Å². The number of hydrogen-bond acceptors (Lipinski definition) is 5. The van der Waals surface area contributed by atoms with Crippen molar-refractivity contribution in [2.75, 3.05) is 17.1 Å². The number of amides is 1. The lowest BCUT2D eigenvalue weighted by molar-refractivity contribution is -0.384. The monoisotopic (exact) mass is 369 g/mol. The molecule has 0 radical (unpaired) electrons. The Balaban J connectivity index is 2.14. The topological polar surface area (TPSA) is 110 Å². The summed E-state index contributed by atoms with van der Waals surface area (Å²) in [5, 5.41) is 13.8. The Kier molecular flexibility index (Phi) is 6.35. The Labute approximate surface area is 147 Å². The van der Waals surface area contributed by atoms with E-state index < -0.39 is 27.4 Å². The summed E-state index contributed by atoms with van der Waals surface area (Å²) in [6, 6.07) is 5.32. The van der Waals surface area contributed by atoms with E-state index in [9.17, 15) is 23.3 Å². The van der Waals surface area contributed by atoms with Gasteiger partial charge < -0.3 is 5.32 Å². The predicted octanol–water partition coefficient (Wildman–Crippen LogP) is 2.20. The highest BCUT2D eigenvalue weighted by atomic mass is 32.2. The highest BCUT2D eigenvalue weighted by Gasteiger charge is 2.24. The van der Waals surface area contributed by atoms with E-state index in [1.54, 1.807) is 0 Å². The molecule has 8 nitrogen and oxygen atoms in total. The first-order valence-electron chi connectivity index (χ1n) is 8.29. The maximum absolute atomic E-state index is 12.3. The third-order valence-electron chi connectivity index (χ3n) is 4.24. The zero-order valence-electron chi connectivity index (χ0n) is 14.2. The van der Waals surface area contributed by atoms with Crippen LogP contribution in [0.25, 0.3) is 0 Å². The minimum Gasteiger partial charge on any atom is -0.352 e. The van der Waals surface area contributed by atoms with Crippen molar-refractivity contribution in [1.82, 2.24) is 5.32 Å². The lowest BCUT2D eigenvalue weighted by atomic mass is 10.1. The zero-order valence-corrected chi connectivity index (χ0v) is 15.0. The van der Waals surface area contributed by atoms with Crippen LogP contribution in [-0.2, 0) is 14.8 Å². The molecule has 138 valence electrons. The first-order valence-corrected chi connectivity index (χ1v) is 10.1. The third kappa shape index (κ3) is 5.70. The van der Waals surface area contributed by atoms with Crippen LogP contribution in [0.2, 0.25) is 0 Å². The molecular formula is C16H23N3O5S. The largest absolute Gasteiger partial charge is 0.352 e. The van der Waals surface area contributed by atoms with E-state index in [0.717, 1.165) is 55.2 Å². The second-order valence-electron chi connectivity index (χ2n) is 6.30. The molecule has 9 heteroatoms. The van der Waals surface area contributed by atoms with Crippen molar-refractivity contribution in [3.05, 3.63) is 34.4 Å². The van der Waals surface area contributed by atoms with Crippen molar-refractivity contribution < 1.29 is 18.1 Å². The maximum Gasteiger partial charge on any atom is 0.271 e. The molecule has 0 aromatic heterocycles. The predicted molar refractivity (Wildman–Crippen MR) is 94.9 cm³/mol. The van der Waals surface area contributed by atoms with Crippen molar-refractivity contribution in [1.29, 1.82) is 0 Å². The fraction of sp³-hybridized carbons (Fsp3) is 0.562. The van der Waals surface area contributed by atoms with E-state index >= 15 is 0 Å². The molecule has 0 saturated heterocycles. The van der Waals surface area contributed by atoms with Crippen molar-refractivity contribution in [3.63, 3.8) is 0 Å². The van der Waals surface area contributed by atoms with Gasteiger partial charge in [-0.1, -0.05) is 31.7 Å². The number of sulfonamides is 1. The van der Waals surface area contributed by atoms with Gasteiger partial charge in [0.1, 0.15) is 6.54 Å². The minimum absolute atomic E-state index is 0.0570. The lowest BCUT2D eigenvalue weighted by Crippen LogP contribution is -2.44. The quantitative estimate of drug-likeness (QED) is 0.470. The van der Waals surface area contributed by atoms with Crippen molar-refractivity contribution >= 4 is 27.3 Å². The molecule has 1 amide bonds. The average Bonchev–Trinajstić information content (AvgIpc) is 2.80. The second kappa shape index (κ2) is 8.28. The summed E-state index contributed by atoms with van der Waals surface area (Å²) in [4.78, 5) is 22.6. The van der Waals surface area contributed by atoms with Gasteiger partial charge in [-0.15, -0.1) is 0 Å². The molecule has 1 saturated carbocycles. The summed E-state index contributed by atoms with van der Waals surface area (Å²) >= 11 is 0. The molecule has 1 aliphatic carbocycles. The molecule has 1 aromatic rings. The summed E-state index contributed by atoms with van der Waals surface area (Å²) < 4.78 is 25.0. The first-order chi connectivity index (χ1) is 11.8. The van der Waals surface area contributed by atoms with Gasteiger partial charge in [-0.25, -0.2) is 8.42 Å². The normalized spacial score (nSPS) is 16.0. The summed E-state index contributed by atoms with van der Waals surface area (Å²) in [6.07, 6.45) is 7.15. The number of benzene rings is 1. The maximum atomic E-state index is 12.3. The minimum atomic E-state index is -3.75. The van der Waals surface area contributed by atoms with Gasteiger partial charge in [0.05, 0.1) is 16.9 Å². The number of anilines is 1. The molecule has 0 bridgehead atoms. The van der Waals surface area contributed by atoms with Gasteiger partial charge in [0.2, 0.25) is 15.9 Å². The number of hydrogen-bond donors (Lipinski definition) is 1. The van der Waals surface area contributed by atoms with Crippen molar-refractivity contribution in [3.8, 4) is 0 Å². The van der Waals surface area contributed by atoms with Crippen molar-refractivity contribution in [2.45, 2.75) is 44.6 Å². The molecule has 1 aliphatic rings. The van der Waals surface area contributed by atoms with E-state index in [0.29, 0.717) is 0 Å². The van der Waals surface area contributed by atoms with Crippen LogP contribution >= 0.6 is 0 Å². The van der Waals surface area contributed by atoms with Gasteiger partial charge in [-0.05, 0) is 18.9 Å². The number of carbonyl (C=O) groups excluding carboxylic acids is 1. The van der Waals surface area contributed by atoms with Crippen LogP contribution in [0.3, 0.4) is 0 Å². The van der Waals surface area contributed by atoms with E-state index in [1.807, 2.05) is 0 Å². The van der Waals surface area contributed by atoms with Crippen LogP contribution in [0.15, 0.2) is 24.3 Å². The molecule has 1 aromatic carbocycles. The second-order valence-corrected chi connectivity index (χ2v) is 8.21. The number of nitrogens with one attached hydrogen (secondary N) is 1. The summed E-state index contributed by atoms with van der Waals surface area (Å²) in [5.41, 5.74) is -0.122. The third-order valence-corrected chi connectivity index (χ3v) is 5.38. The van der Waals surface area contributed by atoms with E-state index in [1.165, 1.54) is 18.2 Å². The van der Waals surface area contributed by atoms with Crippen molar-refractivity contribution in [2.24, 2.45) is 0 Å². The number of rotatable bonds is 6. The smallest absolute Gasteiger partial charge is 0.271 e. The number of nitro groups is 1. The molecule has 0 atom stereocenters.